The maximum absolute atomic E-state index is 12.8. The topological polar surface area (TPSA) is 93.7 Å². The minimum atomic E-state index is -3.89. The molecule has 0 saturated carbocycles. The molecule has 3 aromatic rings. The lowest BCUT2D eigenvalue weighted by atomic mass is 10.1. The van der Waals surface area contributed by atoms with Crippen molar-refractivity contribution in [2.45, 2.75) is 11.8 Å². The SMILES string of the molecule is COc1ccc(NS(=O)(=O)c2ccc(OC)c(NC(=O)c3ccccc3C)c2)cc1. The molecule has 8 heteroatoms. The molecule has 0 spiro atoms. The van der Waals surface area contributed by atoms with Crippen molar-refractivity contribution in [2.75, 3.05) is 24.3 Å². The van der Waals surface area contributed by atoms with E-state index in [0.717, 1.165) is 5.56 Å². The lowest BCUT2D eigenvalue weighted by Gasteiger charge is -2.14. The van der Waals surface area contributed by atoms with Crippen LogP contribution in [0.2, 0.25) is 0 Å². The Kier molecular flexibility index (Phi) is 6.27. The molecule has 0 unspecified atom stereocenters. The average molecular weight is 426 g/mol. The summed E-state index contributed by atoms with van der Waals surface area (Å²) >= 11 is 0. The summed E-state index contributed by atoms with van der Waals surface area (Å²) in [6, 6.07) is 17.9. The second-order valence-electron chi connectivity index (χ2n) is 6.47. The lowest BCUT2D eigenvalue weighted by molar-refractivity contribution is 0.102. The van der Waals surface area contributed by atoms with Crippen molar-refractivity contribution in [3.05, 3.63) is 77.9 Å². The van der Waals surface area contributed by atoms with Gasteiger partial charge in [0, 0.05) is 11.3 Å². The number of anilines is 2. The summed E-state index contributed by atoms with van der Waals surface area (Å²) in [6.45, 7) is 1.83. The van der Waals surface area contributed by atoms with E-state index in [0.29, 0.717) is 22.7 Å². The van der Waals surface area contributed by atoms with Crippen molar-refractivity contribution in [2.24, 2.45) is 0 Å². The zero-order chi connectivity index (χ0) is 21.7. The van der Waals surface area contributed by atoms with Crippen LogP contribution in [0.3, 0.4) is 0 Å². The van der Waals surface area contributed by atoms with E-state index in [2.05, 4.69) is 10.0 Å². The van der Waals surface area contributed by atoms with E-state index in [1.165, 1.54) is 32.4 Å². The van der Waals surface area contributed by atoms with E-state index in [1.54, 1.807) is 36.4 Å². The Labute approximate surface area is 175 Å². The Morgan fingerprint density at radius 1 is 0.900 bits per heavy atom. The summed E-state index contributed by atoms with van der Waals surface area (Å²) in [6.07, 6.45) is 0. The molecule has 0 aromatic heterocycles. The highest BCUT2D eigenvalue weighted by molar-refractivity contribution is 7.92. The summed E-state index contributed by atoms with van der Waals surface area (Å²) in [5.41, 5.74) is 1.93. The molecule has 30 heavy (non-hydrogen) atoms. The van der Waals surface area contributed by atoms with E-state index < -0.39 is 10.0 Å². The second-order valence-corrected chi connectivity index (χ2v) is 8.15. The van der Waals surface area contributed by atoms with Gasteiger partial charge >= 0.3 is 0 Å². The van der Waals surface area contributed by atoms with Gasteiger partial charge in [0.2, 0.25) is 0 Å². The van der Waals surface area contributed by atoms with Crippen molar-refractivity contribution >= 4 is 27.3 Å². The number of rotatable bonds is 7. The molecule has 7 nitrogen and oxygen atoms in total. The largest absolute Gasteiger partial charge is 0.497 e. The average Bonchev–Trinajstić information content (AvgIpc) is 2.74. The van der Waals surface area contributed by atoms with Crippen LogP contribution in [-0.4, -0.2) is 28.5 Å². The van der Waals surface area contributed by atoms with Gasteiger partial charge in [0.05, 0.1) is 24.8 Å². The van der Waals surface area contributed by atoms with Gasteiger partial charge in [-0.1, -0.05) is 18.2 Å². The highest BCUT2D eigenvalue weighted by Gasteiger charge is 2.19. The second kappa shape index (κ2) is 8.87. The normalized spacial score (nSPS) is 10.9. The van der Waals surface area contributed by atoms with E-state index >= 15 is 0 Å². The number of benzene rings is 3. The fraction of sp³-hybridized carbons (Fsp3) is 0.136. The van der Waals surface area contributed by atoms with Gasteiger partial charge in [-0.2, -0.15) is 0 Å². The van der Waals surface area contributed by atoms with Crippen LogP contribution >= 0.6 is 0 Å². The van der Waals surface area contributed by atoms with Gasteiger partial charge in [-0.25, -0.2) is 8.42 Å². The van der Waals surface area contributed by atoms with Gasteiger partial charge in [-0.3, -0.25) is 9.52 Å². The molecule has 0 aliphatic rings. The molecule has 0 fully saturated rings. The number of ether oxygens (including phenoxy) is 2. The van der Waals surface area contributed by atoms with Gasteiger partial charge in [-0.05, 0) is 61.0 Å². The van der Waals surface area contributed by atoms with Crippen LogP contribution in [0, 0.1) is 6.92 Å². The third-order valence-corrected chi connectivity index (χ3v) is 5.84. The Morgan fingerprint density at radius 2 is 1.60 bits per heavy atom. The molecular formula is C22H22N2O5S. The summed E-state index contributed by atoms with van der Waals surface area (Å²) in [7, 11) is -0.909. The summed E-state index contributed by atoms with van der Waals surface area (Å²) in [5.74, 6) is 0.605. The van der Waals surface area contributed by atoms with Crippen LogP contribution in [0.15, 0.2) is 71.6 Å². The van der Waals surface area contributed by atoms with Crippen molar-refractivity contribution in [3.8, 4) is 11.5 Å². The van der Waals surface area contributed by atoms with E-state index in [-0.39, 0.29) is 16.5 Å². The molecule has 0 saturated heterocycles. The zero-order valence-electron chi connectivity index (χ0n) is 16.8. The Bertz CT molecular complexity index is 1160. The van der Waals surface area contributed by atoms with E-state index in [4.69, 9.17) is 9.47 Å². The van der Waals surface area contributed by atoms with Crippen molar-refractivity contribution in [1.29, 1.82) is 0 Å². The van der Waals surface area contributed by atoms with E-state index in [1.807, 2.05) is 19.1 Å². The fourth-order valence-electron chi connectivity index (χ4n) is 2.84. The van der Waals surface area contributed by atoms with E-state index in [9.17, 15) is 13.2 Å². The Hall–Kier alpha value is -3.52. The van der Waals surface area contributed by atoms with Gasteiger partial charge in [-0.15, -0.1) is 0 Å². The number of aryl methyl sites for hydroxylation is 1. The zero-order valence-corrected chi connectivity index (χ0v) is 17.6. The smallest absolute Gasteiger partial charge is 0.261 e. The van der Waals surface area contributed by atoms with Crippen LogP contribution in [0.25, 0.3) is 0 Å². The predicted octanol–water partition coefficient (Wildman–Crippen LogP) is 4.07. The molecule has 156 valence electrons. The molecule has 0 bridgehead atoms. The first kappa shape index (κ1) is 21.2. The quantitative estimate of drug-likeness (QED) is 0.594. The van der Waals surface area contributed by atoms with Crippen LogP contribution in [0.1, 0.15) is 15.9 Å². The van der Waals surface area contributed by atoms with Gasteiger partial charge in [0.15, 0.2) is 0 Å². The molecule has 0 radical (unpaired) electrons. The highest BCUT2D eigenvalue weighted by atomic mass is 32.2. The minimum absolute atomic E-state index is 0.0146. The van der Waals surface area contributed by atoms with Crippen molar-refractivity contribution in [1.82, 2.24) is 0 Å². The molecule has 0 atom stereocenters. The molecule has 3 rings (SSSR count). The number of carbonyl (C=O) groups is 1. The summed E-state index contributed by atoms with van der Waals surface area (Å²) in [5, 5.41) is 2.74. The first-order valence-corrected chi connectivity index (χ1v) is 10.5. The van der Waals surface area contributed by atoms with Gasteiger partial charge in [0.1, 0.15) is 11.5 Å². The first-order chi connectivity index (χ1) is 14.3. The molecule has 0 aliphatic heterocycles. The molecule has 0 heterocycles. The number of hydrogen-bond donors (Lipinski definition) is 2. The standard InChI is InChI=1S/C22H22N2O5S/c1-15-6-4-5-7-19(15)22(25)23-20-14-18(12-13-21(20)29-3)30(26,27)24-16-8-10-17(28-2)11-9-16/h4-14,24H,1-3H3,(H,23,25). The number of carbonyl (C=O) groups excluding carboxylic acids is 1. The van der Waals surface area contributed by atoms with Gasteiger partial charge < -0.3 is 14.8 Å². The maximum Gasteiger partial charge on any atom is 0.261 e. The maximum atomic E-state index is 12.8. The molecule has 0 aliphatic carbocycles. The Balaban J connectivity index is 1.89. The van der Waals surface area contributed by atoms with Gasteiger partial charge in [0.25, 0.3) is 15.9 Å². The number of amides is 1. The Morgan fingerprint density at radius 3 is 2.23 bits per heavy atom. The number of sulfonamides is 1. The van der Waals surface area contributed by atoms with Crippen LogP contribution in [0.4, 0.5) is 11.4 Å². The van der Waals surface area contributed by atoms with Crippen LogP contribution in [0.5, 0.6) is 11.5 Å². The monoisotopic (exact) mass is 426 g/mol. The summed E-state index contributed by atoms with van der Waals surface area (Å²) in [4.78, 5) is 12.7. The number of hydrogen-bond acceptors (Lipinski definition) is 5. The molecule has 2 N–H and O–H groups in total. The van der Waals surface area contributed by atoms with Crippen LogP contribution in [-0.2, 0) is 10.0 Å². The summed E-state index contributed by atoms with van der Waals surface area (Å²) < 4.78 is 38.5. The predicted molar refractivity (Wildman–Crippen MR) is 116 cm³/mol. The minimum Gasteiger partial charge on any atom is -0.497 e. The molecule has 3 aromatic carbocycles. The van der Waals surface area contributed by atoms with Crippen molar-refractivity contribution in [3.63, 3.8) is 0 Å². The molecular weight excluding hydrogens is 404 g/mol. The number of methoxy groups -OCH3 is 2. The van der Waals surface area contributed by atoms with Crippen molar-refractivity contribution < 1.29 is 22.7 Å². The highest BCUT2D eigenvalue weighted by Crippen LogP contribution is 2.29. The lowest BCUT2D eigenvalue weighted by Crippen LogP contribution is -2.16. The van der Waals surface area contributed by atoms with Crippen LogP contribution < -0.4 is 19.5 Å². The molecule has 1 amide bonds. The fourth-order valence-corrected chi connectivity index (χ4v) is 3.93. The third kappa shape index (κ3) is 4.72. The first-order valence-electron chi connectivity index (χ1n) is 9.06. The third-order valence-electron chi connectivity index (χ3n) is 4.46. The number of nitrogens with one attached hydrogen (secondary N) is 2.